The molecule has 2 rings (SSSR count). The molecule has 1 aromatic rings. The van der Waals surface area contributed by atoms with Crippen LogP contribution >= 0.6 is 11.3 Å². The van der Waals surface area contributed by atoms with E-state index in [1.165, 1.54) is 0 Å². The van der Waals surface area contributed by atoms with Crippen LogP contribution in [0.15, 0.2) is 6.20 Å². The molecule has 2 unspecified atom stereocenters. The van der Waals surface area contributed by atoms with Gasteiger partial charge in [-0.15, -0.1) is 0 Å². The number of carbonyl (C=O) groups is 1. The predicted molar refractivity (Wildman–Crippen MR) is 70.4 cm³/mol. The van der Waals surface area contributed by atoms with E-state index in [2.05, 4.69) is 10.3 Å². The van der Waals surface area contributed by atoms with E-state index in [4.69, 9.17) is 0 Å². The van der Waals surface area contributed by atoms with Gasteiger partial charge in [0.1, 0.15) is 11.7 Å². The minimum absolute atomic E-state index is 0.0908. The van der Waals surface area contributed by atoms with Crippen molar-refractivity contribution in [3.05, 3.63) is 16.3 Å². The number of carboxylic acids is 1. The van der Waals surface area contributed by atoms with Gasteiger partial charge in [-0.1, -0.05) is 19.8 Å². The molecule has 0 amide bonds. The zero-order valence-electron chi connectivity index (χ0n) is 10.5. The molecule has 8 heteroatoms. The van der Waals surface area contributed by atoms with Gasteiger partial charge in [0.15, 0.2) is 5.13 Å². The summed E-state index contributed by atoms with van der Waals surface area (Å²) in [5.74, 6) is -0.607. The summed E-state index contributed by atoms with van der Waals surface area (Å²) in [6.07, 6.45) is 4.01. The second-order valence-corrected chi connectivity index (χ2v) is 5.98. The van der Waals surface area contributed by atoms with Crippen LogP contribution in [0.4, 0.5) is 10.1 Å². The van der Waals surface area contributed by atoms with E-state index < -0.39 is 16.4 Å². The predicted octanol–water partition coefficient (Wildman–Crippen LogP) is 2.50. The van der Waals surface area contributed by atoms with Crippen LogP contribution in [0, 0.1) is 16.0 Å². The second-order valence-electron chi connectivity index (χ2n) is 4.97. The molecule has 1 fully saturated rings. The molecule has 104 valence electrons. The van der Waals surface area contributed by atoms with Crippen LogP contribution in [0.2, 0.25) is 0 Å². The fraction of sp³-hybridized carbons (Fsp3) is 0.636. The van der Waals surface area contributed by atoms with Crippen molar-refractivity contribution < 1.29 is 14.8 Å². The van der Waals surface area contributed by atoms with E-state index in [9.17, 15) is 20.0 Å². The molecule has 1 heterocycles. The highest BCUT2D eigenvalue weighted by Crippen LogP contribution is 2.37. The molecule has 0 bridgehead atoms. The van der Waals surface area contributed by atoms with Gasteiger partial charge in [-0.2, -0.15) is 0 Å². The van der Waals surface area contributed by atoms with E-state index in [-0.39, 0.29) is 5.00 Å². The summed E-state index contributed by atoms with van der Waals surface area (Å²) in [4.78, 5) is 25.5. The van der Waals surface area contributed by atoms with Gasteiger partial charge in [0.05, 0.1) is 4.92 Å². The van der Waals surface area contributed by atoms with Gasteiger partial charge in [-0.3, -0.25) is 10.1 Å². The van der Waals surface area contributed by atoms with E-state index >= 15 is 0 Å². The summed E-state index contributed by atoms with van der Waals surface area (Å²) in [6.45, 7) is 2.02. The van der Waals surface area contributed by atoms with Gasteiger partial charge in [-0.05, 0) is 30.1 Å². The van der Waals surface area contributed by atoms with Crippen molar-refractivity contribution in [2.45, 2.75) is 38.1 Å². The van der Waals surface area contributed by atoms with E-state index in [0.717, 1.165) is 30.4 Å². The topological polar surface area (TPSA) is 105 Å². The Labute approximate surface area is 113 Å². The van der Waals surface area contributed by atoms with Crippen molar-refractivity contribution in [1.29, 1.82) is 0 Å². The summed E-state index contributed by atoms with van der Waals surface area (Å²) in [5.41, 5.74) is -1.05. The first-order valence-electron chi connectivity index (χ1n) is 6.05. The first kappa shape index (κ1) is 13.7. The van der Waals surface area contributed by atoms with Gasteiger partial charge >= 0.3 is 11.0 Å². The number of nitrogens with zero attached hydrogens (tertiary/aromatic N) is 2. The Morgan fingerprint density at radius 1 is 1.74 bits per heavy atom. The van der Waals surface area contributed by atoms with Crippen LogP contribution in [0.25, 0.3) is 0 Å². The molecule has 0 aromatic carbocycles. The van der Waals surface area contributed by atoms with Gasteiger partial charge < -0.3 is 10.4 Å². The Kier molecular flexibility index (Phi) is 3.70. The molecule has 0 spiro atoms. The SMILES string of the molecule is CC1CCCC(Nc2ncc([N+](=O)[O-])s2)(C(=O)O)C1. The first-order chi connectivity index (χ1) is 8.93. The normalized spacial score (nSPS) is 26.9. The van der Waals surface area contributed by atoms with E-state index in [1.54, 1.807) is 0 Å². The molecule has 0 saturated heterocycles. The lowest BCUT2D eigenvalue weighted by atomic mass is 9.76. The van der Waals surface area contributed by atoms with Crippen LogP contribution in [0.5, 0.6) is 0 Å². The van der Waals surface area contributed by atoms with Crippen molar-refractivity contribution in [3.8, 4) is 0 Å². The van der Waals surface area contributed by atoms with Crippen molar-refractivity contribution in [1.82, 2.24) is 4.98 Å². The summed E-state index contributed by atoms with van der Waals surface area (Å²) >= 11 is 0.867. The van der Waals surface area contributed by atoms with Crippen LogP contribution < -0.4 is 5.32 Å². The molecule has 1 aliphatic carbocycles. The summed E-state index contributed by atoms with van der Waals surface area (Å²) < 4.78 is 0. The third-order valence-electron chi connectivity index (χ3n) is 3.43. The highest BCUT2D eigenvalue weighted by Gasteiger charge is 2.42. The van der Waals surface area contributed by atoms with Crippen LogP contribution in [0.1, 0.15) is 32.6 Å². The molecule has 0 radical (unpaired) electrons. The van der Waals surface area contributed by atoms with Gasteiger partial charge in [-0.25, -0.2) is 9.78 Å². The Balaban J connectivity index is 2.20. The standard InChI is InChI=1S/C11H15N3O4S/c1-7-3-2-4-11(5-7,9(15)16)13-10-12-6-8(19-10)14(17)18/h6-7H,2-5H2,1H3,(H,12,13)(H,15,16). The lowest BCUT2D eigenvalue weighted by Crippen LogP contribution is -2.49. The maximum Gasteiger partial charge on any atom is 0.345 e. The molecule has 2 atom stereocenters. The zero-order valence-corrected chi connectivity index (χ0v) is 11.3. The number of aliphatic carboxylic acids is 1. The Morgan fingerprint density at radius 3 is 3.00 bits per heavy atom. The summed E-state index contributed by atoms with van der Waals surface area (Å²) in [7, 11) is 0. The minimum atomic E-state index is -1.05. The van der Waals surface area contributed by atoms with Crippen LogP contribution in [0.3, 0.4) is 0 Å². The first-order valence-corrected chi connectivity index (χ1v) is 6.86. The van der Waals surface area contributed by atoms with Gasteiger partial charge in [0.25, 0.3) is 0 Å². The average Bonchev–Trinajstić information content (AvgIpc) is 2.77. The number of nitrogens with one attached hydrogen (secondary N) is 1. The van der Waals surface area contributed by atoms with Crippen molar-refractivity contribution in [2.24, 2.45) is 5.92 Å². The number of thiazole rings is 1. The number of hydrogen-bond donors (Lipinski definition) is 2. The maximum atomic E-state index is 11.5. The molecule has 19 heavy (non-hydrogen) atoms. The van der Waals surface area contributed by atoms with E-state index in [0.29, 0.717) is 23.9 Å². The summed E-state index contributed by atoms with van der Waals surface area (Å²) in [5, 5.41) is 23.2. The number of carboxylic acid groups (broad SMARTS) is 1. The molecular weight excluding hydrogens is 270 g/mol. The van der Waals surface area contributed by atoms with Crippen LogP contribution in [-0.2, 0) is 4.79 Å². The van der Waals surface area contributed by atoms with Crippen molar-refractivity contribution in [3.63, 3.8) is 0 Å². The minimum Gasteiger partial charge on any atom is -0.480 e. The molecule has 1 aliphatic rings. The monoisotopic (exact) mass is 285 g/mol. The maximum absolute atomic E-state index is 11.5. The number of aromatic nitrogens is 1. The highest BCUT2D eigenvalue weighted by atomic mass is 32.1. The van der Waals surface area contributed by atoms with Gasteiger partial charge in [0.2, 0.25) is 0 Å². The fourth-order valence-corrected chi connectivity index (χ4v) is 3.25. The Hall–Kier alpha value is -1.70. The van der Waals surface area contributed by atoms with Crippen molar-refractivity contribution >= 4 is 27.4 Å². The number of nitro groups is 1. The molecule has 7 nitrogen and oxygen atoms in total. The molecular formula is C11H15N3O4S. The smallest absolute Gasteiger partial charge is 0.345 e. The van der Waals surface area contributed by atoms with Gasteiger partial charge in [0, 0.05) is 0 Å². The molecule has 1 aromatic heterocycles. The Bertz CT molecular complexity index is 504. The third-order valence-corrected chi connectivity index (χ3v) is 4.29. The van der Waals surface area contributed by atoms with Crippen molar-refractivity contribution in [2.75, 3.05) is 5.32 Å². The van der Waals surface area contributed by atoms with Crippen LogP contribution in [-0.4, -0.2) is 26.5 Å². The molecule has 2 N–H and O–H groups in total. The Morgan fingerprint density at radius 2 is 2.47 bits per heavy atom. The highest BCUT2D eigenvalue weighted by molar-refractivity contribution is 7.18. The molecule has 1 saturated carbocycles. The average molecular weight is 285 g/mol. The summed E-state index contributed by atoms with van der Waals surface area (Å²) in [6, 6.07) is 0. The lowest BCUT2D eigenvalue weighted by Gasteiger charge is -2.36. The largest absolute Gasteiger partial charge is 0.480 e. The second kappa shape index (κ2) is 5.12. The number of hydrogen-bond acceptors (Lipinski definition) is 6. The fourth-order valence-electron chi connectivity index (χ4n) is 2.53. The molecule has 0 aliphatic heterocycles. The lowest BCUT2D eigenvalue weighted by molar-refractivity contribution is -0.380. The van der Waals surface area contributed by atoms with E-state index in [1.807, 2.05) is 6.92 Å². The number of anilines is 1. The zero-order chi connectivity index (χ0) is 14.0. The third kappa shape index (κ3) is 2.83. The quantitative estimate of drug-likeness (QED) is 0.650. The number of rotatable bonds is 4.